The van der Waals surface area contributed by atoms with Gasteiger partial charge in [-0.2, -0.15) is 0 Å². The summed E-state index contributed by atoms with van der Waals surface area (Å²) in [4.78, 5) is 0. The molecular weight excluding hydrogens is 140 g/mol. The van der Waals surface area contributed by atoms with Crippen molar-refractivity contribution >= 4 is 0 Å². The van der Waals surface area contributed by atoms with Gasteiger partial charge in [-0.3, -0.25) is 0 Å². The highest BCUT2D eigenvalue weighted by molar-refractivity contribution is 4.84. The van der Waals surface area contributed by atoms with Crippen LogP contribution in [0.2, 0.25) is 0 Å². The van der Waals surface area contributed by atoms with Crippen molar-refractivity contribution in [3.63, 3.8) is 0 Å². The Morgan fingerprint density at radius 2 is 1.91 bits per heavy atom. The Labute approximate surface area is 69.2 Å². The Bertz CT molecular complexity index is 128. The summed E-state index contributed by atoms with van der Waals surface area (Å²) in [5.74, 6) is -0.487. The normalized spacial score (nSPS) is 15.7. The first-order chi connectivity index (χ1) is 5.02. The van der Waals surface area contributed by atoms with Crippen LogP contribution in [0.15, 0.2) is 12.2 Å². The second-order valence-corrected chi connectivity index (χ2v) is 2.95. The van der Waals surface area contributed by atoms with E-state index in [1.165, 1.54) is 0 Å². The molecule has 0 saturated heterocycles. The van der Waals surface area contributed by atoms with Gasteiger partial charge < -0.3 is 9.47 Å². The van der Waals surface area contributed by atoms with Gasteiger partial charge in [0.1, 0.15) is 0 Å². The Kier molecular flexibility index (Phi) is 4.38. The fourth-order valence-electron chi connectivity index (χ4n) is 0.806. The summed E-state index contributed by atoms with van der Waals surface area (Å²) in [5, 5.41) is 0. The molecule has 0 spiro atoms. The molecule has 1 unspecified atom stereocenters. The molecule has 0 radical (unpaired) electrons. The second-order valence-electron chi connectivity index (χ2n) is 2.95. The molecule has 0 aromatic heterocycles. The predicted octanol–water partition coefficient (Wildman–Crippen LogP) is 2.35. The first-order valence-corrected chi connectivity index (χ1v) is 3.87. The standard InChI is InChI=1S/C9H18O2/c1-6-7-8(2)11-9(3,4)10-5/h6-8H,1-5H3/b7-6+. The Hall–Kier alpha value is -0.340. The van der Waals surface area contributed by atoms with Gasteiger partial charge in [0.15, 0.2) is 5.79 Å². The number of rotatable bonds is 4. The van der Waals surface area contributed by atoms with Crippen LogP contribution in [0.4, 0.5) is 0 Å². The molecule has 2 nitrogen and oxygen atoms in total. The molecule has 0 bridgehead atoms. The highest BCUT2D eigenvalue weighted by Gasteiger charge is 2.18. The van der Waals surface area contributed by atoms with E-state index >= 15 is 0 Å². The molecule has 0 aliphatic rings. The average Bonchev–Trinajstić information content (AvgIpc) is 1.87. The summed E-state index contributed by atoms with van der Waals surface area (Å²) in [7, 11) is 1.64. The number of ether oxygens (including phenoxy) is 2. The summed E-state index contributed by atoms with van der Waals surface area (Å²) in [5.41, 5.74) is 0. The number of hydrogen-bond acceptors (Lipinski definition) is 2. The molecule has 11 heavy (non-hydrogen) atoms. The van der Waals surface area contributed by atoms with E-state index in [0.29, 0.717) is 0 Å². The Balaban J connectivity index is 3.82. The van der Waals surface area contributed by atoms with Gasteiger partial charge in [0.25, 0.3) is 0 Å². The van der Waals surface area contributed by atoms with Gasteiger partial charge in [-0.1, -0.05) is 12.2 Å². The quantitative estimate of drug-likeness (QED) is 0.462. The average molecular weight is 158 g/mol. The molecule has 0 amide bonds. The molecule has 0 aromatic rings. The molecule has 2 heteroatoms. The Morgan fingerprint density at radius 1 is 1.36 bits per heavy atom. The zero-order valence-electron chi connectivity index (χ0n) is 8.05. The van der Waals surface area contributed by atoms with Crippen molar-refractivity contribution in [2.75, 3.05) is 7.11 Å². The van der Waals surface area contributed by atoms with Gasteiger partial charge in [-0.25, -0.2) is 0 Å². The van der Waals surface area contributed by atoms with Crippen LogP contribution < -0.4 is 0 Å². The number of hydrogen-bond donors (Lipinski definition) is 0. The zero-order valence-corrected chi connectivity index (χ0v) is 8.05. The third kappa shape index (κ3) is 4.99. The first-order valence-electron chi connectivity index (χ1n) is 3.87. The van der Waals surface area contributed by atoms with E-state index in [4.69, 9.17) is 9.47 Å². The smallest absolute Gasteiger partial charge is 0.163 e. The van der Waals surface area contributed by atoms with Crippen LogP contribution in [-0.2, 0) is 9.47 Å². The molecule has 1 atom stereocenters. The van der Waals surface area contributed by atoms with Crippen LogP contribution in [-0.4, -0.2) is 19.0 Å². The van der Waals surface area contributed by atoms with Crippen molar-refractivity contribution < 1.29 is 9.47 Å². The molecular formula is C9H18O2. The van der Waals surface area contributed by atoms with Crippen molar-refractivity contribution in [2.24, 2.45) is 0 Å². The van der Waals surface area contributed by atoms with Crippen molar-refractivity contribution in [1.29, 1.82) is 0 Å². The predicted molar refractivity (Wildman–Crippen MR) is 46.4 cm³/mol. The lowest BCUT2D eigenvalue weighted by atomic mass is 10.3. The summed E-state index contributed by atoms with van der Waals surface area (Å²) in [6.07, 6.45) is 4.06. The molecule has 0 rings (SSSR count). The molecule has 0 aliphatic heterocycles. The van der Waals surface area contributed by atoms with Crippen LogP contribution in [0.5, 0.6) is 0 Å². The summed E-state index contributed by atoms with van der Waals surface area (Å²) in [6.45, 7) is 7.75. The molecule has 0 heterocycles. The third-order valence-corrected chi connectivity index (χ3v) is 1.42. The summed E-state index contributed by atoms with van der Waals surface area (Å²) in [6, 6.07) is 0. The minimum Gasteiger partial charge on any atom is -0.354 e. The van der Waals surface area contributed by atoms with Gasteiger partial charge in [0.05, 0.1) is 6.10 Å². The van der Waals surface area contributed by atoms with E-state index in [9.17, 15) is 0 Å². The third-order valence-electron chi connectivity index (χ3n) is 1.42. The molecule has 0 N–H and O–H groups in total. The molecule has 0 aromatic carbocycles. The van der Waals surface area contributed by atoms with E-state index in [2.05, 4.69) is 0 Å². The van der Waals surface area contributed by atoms with E-state index in [-0.39, 0.29) is 6.10 Å². The topological polar surface area (TPSA) is 18.5 Å². The van der Waals surface area contributed by atoms with Crippen molar-refractivity contribution in [3.8, 4) is 0 Å². The fraction of sp³-hybridized carbons (Fsp3) is 0.778. The maximum atomic E-state index is 5.52. The first kappa shape index (κ1) is 10.7. The van der Waals surface area contributed by atoms with Crippen LogP contribution >= 0.6 is 0 Å². The highest BCUT2D eigenvalue weighted by Crippen LogP contribution is 2.12. The summed E-state index contributed by atoms with van der Waals surface area (Å²) < 4.78 is 10.6. The summed E-state index contributed by atoms with van der Waals surface area (Å²) >= 11 is 0. The van der Waals surface area contributed by atoms with Gasteiger partial charge >= 0.3 is 0 Å². The molecule has 0 fully saturated rings. The Morgan fingerprint density at radius 3 is 2.27 bits per heavy atom. The second kappa shape index (κ2) is 4.52. The zero-order chi connectivity index (χ0) is 8.91. The lowest BCUT2D eigenvalue weighted by Crippen LogP contribution is -2.30. The van der Waals surface area contributed by atoms with E-state index in [1.54, 1.807) is 7.11 Å². The van der Waals surface area contributed by atoms with Gasteiger partial charge in [0.2, 0.25) is 0 Å². The molecule has 0 saturated carbocycles. The van der Waals surface area contributed by atoms with Crippen LogP contribution in [0.1, 0.15) is 27.7 Å². The van der Waals surface area contributed by atoms with E-state index in [1.807, 2.05) is 39.8 Å². The van der Waals surface area contributed by atoms with Crippen LogP contribution in [0.3, 0.4) is 0 Å². The number of methoxy groups -OCH3 is 1. The minimum atomic E-state index is -0.487. The fourth-order valence-corrected chi connectivity index (χ4v) is 0.806. The van der Waals surface area contributed by atoms with Crippen LogP contribution in [0.25, 0.3) is 0 Å². The van der Waals surface area contributed by atoms with Crippen molar-refractivity contribution in [2.45, 2.75) is 39.6 Å². The van der Waals surface area contributed by atoms with Gasteiger partial charge in [0, 0.05) is 7.11 Å². The van der Waals surface area contributed by atoms with Crippen LogP contribution in [0, 0.1) is 0 Å². The van der Waals surface area contributed by atoms with E-state index < -0.39 is 5.79 Å². The maximum absolute atomic E-state index is 5.52. The van der Waals surface area contributed by atoms with Gasteiger partial charge in [-0.15, -0.1) is 0 Å². The van der Waals surface area contributed by atoms with Crippen molar-refractivity contribution in [3.05, 3.63) is 12.2 Å². The highest BCUT2D eigenvalue weighted by atomic mass is 16.7. The monoisotopic (exact) mass is 158 g/mol. The molecule has 0 aliphatic carbocycles. The SMILES string of the molecule is C/C=C/C(C)OC(C)(C)OC. The number of allylic oxidation sites excluding steroid dienone is 1. The molecule has 66 valence electrons. The van der Waals surface area contributed by atoms with E-state index in [0.717, 1.165) is 0 Å². The maximum Gasteiger partial charge on any atom is 0.163 e. The minimum absolute atomic E-state index is 0.106. The van der Waals surface area contributed by atoms with Crippen molar-refractivity contribution in [1.82, 2.24) is 0 Å². The largest absolute Gasteiger partial charge is 0.354 e. The lowest BCUT2D eigenvalue weighted by Gasteiger charge is -2.26. The lowest BCUT2D eigenvalue weighted by molar-refractivity contribution is -0.210. The van der Waals surface area contributed by atoms with Gasteiger partial charge in [-0.05, 0) is 27.7 Å².